The van der Waals surface area contributed by atoms with E-state index in [4.69, 9.17) is 13.6 Å². The van der Waals surface area contributed by atoms with Crippen molar-refractivity contribution < 1.29 is 18.4 Å². The van der Waals surface area contributed by atoms with E-state index in [0.29, 0.717) is 41.1 Å². The Hall–Kier alpha value is -3.67. The number of benzene rings is 2. The number of rotatable bonds is 3. The van der Waals surface area contributed by atoms with Gasteiger partial charge in [-0.1, -0.05) is 38.1 Å². The highest BCUT2D eigenvalue weighted by Crippen LogP contribution is 2.47. The van der Waals surface area contributed by atoms with Crippen LogP contribution in [0.5, 0.6) is 11.5 Å². The van der Waals surface area contributed by atoms with E-state index in [1.807, 2.05) is 38.1 Å². The van der Waals surface area contributed by atoms with Crippen molar-refractivity contribution in [3.8, 4) is 11.5 Å². The van der Waals surface area contributed by atoms with E-state index >= 15 is 0 Å². The van der Waals surface area contributed by atoms with Gasteiger partial charge in [-0.3, -0.25) is 0 Å². The lowest BCUT2D eigenvalue weighted by Gasteiger charge is -2.25. The van der Waals surface area contributed by atoms with Gasteiger partial charge in [0.15, 0.2) is 0 Å². The Balaban J connectivity index is 1.93. The minimum absolute atomic E-state index is 0.0246. The second-order valence-corrected chi connectivity index (χ2v) is 7.28. The second kappa shape index (κ2) is 6.69. The van der Waals surface area contributed by atoms with Crippen LogP contribution in [0.1, 0.15) is 42.0 Å². The SMILES string of the molecule is CCc1cccc2c3c(c(=O)oc12)C(C=O)c1c(c2cccc(CC)c2oc1=O)O3. The summed E-state index contributed by atoms with van der Waals surface area (Å²) in [6.45, 7) is 3.92. The van der Waals surface area contributed by atoms with Crippen LogP contribution in [0, 0.1) is 0 Å². The smallest absolute Gasteiger partial charge is 0.344 e. The zero-order valence-corrected chi connectivity index (χ0v) is 16.5. The molecule has 0 bridgehead atoms. The van der Waals surface area contributed by atoms with Crippen molar-refractivity contribution in [2.45, 2.75) is 32.6 Å². The molecule has 6 nitrogen and oxygen atoms in total. The number of ether oxygens (including phenoxy) is 1. The summed E-state index contributed by atoms with van der Waals surface area (Å²) in [7, 11) is 0. The molecule has 0 fully saturated rings. The van der Waals surface area contributed by atoms with E-state index in [-0.39, 0.29) is 22.6 Å². The van der Waals surface area contributed by atoms with Crippen LogP contribution in [0.15, 0.2) is 54.8 Å². The molecule has 0 N–H and O–H groups in total. The molecule has 2 aromatic carbocycles. The summed E-state index contributed by atoms with van der Waals surface area (Å²) in [5.41, 5.74) is 1.24. The summed E-state index contributed by atoms with van der Waals surface area (Å²) < 4.78 is 17.3. The van der Waals surface area contributed by atoms with Gasteiger partial charge in [0.05, 0.1) is 27.8 Å². The summed E-state index contributed by atoms with van der Waals surface area (Å²) >= 11 is 0. The summed E-state index contributed by atoms with van der Waals surface area (Å²) in [5, 5.41) is 1.18. The predicted octanol–water partition coefficient (Wildman–Crippen LogP) is 4.46. The third-order valence-corrected chi connectivity index (χ3v) is 5.73. The molecule has 3 heterocycles. The first-order valence-corrected chi connectivity index (χ1v) is 9.89. The molecule has 5 rings (SSSR count). The fraction of sp³-hybridized carbons (Fsp3) is 0.208. The van der Waals surface area contributed by atoms with Crippen molar-refractivity contribution in [2.24, 2.45) is 0 Å². The standard InChI is InChI=1S/C24H18O6/c1-3-12-7-5-9-14-19(12)29-23(26)17-16(11-25)18-22(28-21(14)17)15-10-6-8-13(4-2)20(15)30-24(18)27/h5-11,16H,3-4H2,1-2H3. The molecule has 0 saturated carbocycles. The Kier molecular flexibility index (Phi) is 4.10. The molecule has 1 aliphatic heterocycles. The first-order chi connectivity index (χ1) is 14.6. The molecule has 6 heteroatoms. The highest BCUT2D eigenvalue weighted by Gasteiger charge is 2.37. The molecule has 30 heavy (non-hydrogen) atoms. The maximum absolute atomic E-state index is 12.9. The molecule has 0 amide bonds. The van der Waals surface area contributed by atoms with Gasteiger partial charge in [-0.2, -0.15) is 0 Å². The quantitative estimate of drug-likeness (QED) is 0.371. The normalized spacial score (nSPS) is 13.1. The van der Waals surface area contributed by atoms with Gasteiger partial charge >= 0.3 is 11.3 Å². The van der Waals surface area contributed by atoms with Gasteiger partial charge in [0.1, 0.15) is 29.0 Å². The van der Waals surface area contributed by atoms with Crippen molar-refractivity contribution >= 4 is 28.2 Å². The minimum atomic E-state index is -1.12. The maximum Gasteiger partial charge on any atom is 0.344 e. The van der Waals surface area contributed by atoms with Gasteiger partial charge in [-0.05, 0) is 36.1 Å². The molecule has 0 unspecified atom stereocenters. The molecule has 0 saturated heterocycles. The predicted molar refractivity (Wildman–Crippen MR) is 112 cm³/mol. The Labute approximate surface area is 170 Å². The minimum Gasteiger partial charge on any atom is -0.455 e. The van der Waals surface area contributed by atoms with Crippen LogP contribution in [0.4, 0.5) is 0 Å². The highest BCUT2D eigenvalue weighted by atomic mass is 16.5. The number of fused-ring (bicyclic) bond motifs is 6. The fourth-order valence-electron chi connectivity index (χ4n) is 4.23. The lowest BCUT2D eigenvalue weighted by Crippen LogP contribution is -2.26. The summed E-state index contributed by atoms with van der Waals surface area (Å²) in [6.07, 6.45) is 1.90. The highest BCUT2D eigenvalue weighted by molar-refractivity contribution is 5.94. The van der Waals surface area contributed by atoms with E-state index in [0.717, 1.165) is 11.1 Å². The van der Waals surface area contributed by atoms with E-state index in [2.05, 4.69) is 0 Å². The number of aldehydes is 1. The third-order valence-electron chi connectivity index (χ3n) is 5.73. The van der Waals surface area contributed by atoms with Gasteiger partial charge in [-0.15, -0.1) is 0 Å². The van der Waals surface area contributed by atoms with Crippen molar-refractivity contribution in [3.63, 3.8) is 0 Å². The van der Waals surface area contributed by atoms with Crippen LogP contribution in [0.25, 0.3) is 21.9 Å². The van der Waals surface area contributed by atoms with Gasteiger partial charge < -0.3 is 18.4 Å². The van der Waals surface area contributed by atoms with Gasteiger partial charge in [-0.25, -0.2) is 9.59 Å². The molecular formula is C24H18O6. The molecular weight excluding hydrogens is 384 g/mol. The largest absolute Gasteiger partial charge is 0.455 e. The maximum atomic E-state index is 12.9. The molecule has 1 aliphatic rings. The molecule has 0 radical (unpaired) electrons. The third kappa shape index (κ3) is 2.40. The average Bonchev–Trinajstić information content (AvgIpc) is 2.77. The number of para-hydroxylation sites is 2. The van der Waals surface area contributed by atoms with Crippen LogP contribution < -0.4 is 16.0 Å². The van der Waals surface area contributed by atoms with Gasteiger partial charge in [0.25, 0.3) is 0 Å². The molecule has 0 aliphatic carbocycles. The summed E-state index contributed by atoms with van der Waals surface area (Å²) in [6, 6.07) is 11.0. The first kappa shape index (κ1) is 18.4. The van der Waals surface area contributed by atoms with Gasteiger partial charge in [0, 0.05) is 0 Å². The number of carbonyl (C=O) groups excluding carboxylic acids is 1. The molecule has 0 atom stereocenters. The van der Waals surface area contributed by atoms with E-state index in [9.17, 15) is 14.4 Å². The Bertz CT molecular complexity index is 1350. The lowest BCUT2D eigenvalue weighted by molar-refractivity contribution is -0.108. The van der Waals surface area contributed by atoms with Gasteiger partial charge in [0.2, 0.25) is 0 Å². The average molecular weight is 402 g/mol. The van der Waals surface area contributed by atoms with Crippen molar-refractivity contribution in [3.05, 3.63) is 79.5 Å². The van der Waals surface area contributed by atoms with Crippen LogP contribution in [0.3, 0.4) is 0 Å². The first-order valence-electron chi connectivity index (χ1n) is 9.89. The van der Waals surface area contributed by atoms with E-state index < -0.39 is 17.2 Å². The summed E-state index contributed by atoms with van der Waals surface area (Å²) in [4.78, 5) is 37.8. The van der Waals surface area contributed by atoms with E-state index in [1.165, 1.54) is 0 Å². The second-order valence-electron chi connectivity index (χ2n) is 7.28. The van der Waals surface area contributed by atoms with Crippen LogP contribution in [-0.2, 0) is 17.6 Å². The number of carbonyl (C=O) groups is 1. The molecule has 0 spiro atoms. The Morgan fingerprint density at radius 3 is 1.67 bits per heavy atom. The number of hydrogen-bond donors (Lipinski definition) is 0. The van der Waals surface area contributed by atoms with E-state index in [1.54, 1.807) is 12.1 Å². The molecule has 4 aromatic rings. The van der Waals surface area contributed by atoms with Crippen molar-refractivity contribution in [1.82, 2.24) is 0 Å². The van der Waals surface area contributed by atoms with Crippen molar-refractivity contribution in [1.29, 1.82) is 0 Å². The number of aryl methyl sites for hydroxylation is 2. The molecule has 2 aromatic heterocycles. The monoisotopic (exact) mass is 402 g/mol. The van der Waals surface area contributed by atoms with Crippen molar-refractivity contribution in [2.75, 3.05) is 0 Å². The van der Waals surface area contributed by atoms with Crippen LogP contribution >= 0.6 is 0 Å². The van der Waals surface area contributed by atoms with Crippen LogP contribution in [0.2, 0.25) is 0 Å². The topological polar surface area (TPSA) is 86.7 Å². The zero-order valence-electron chi connectivity index (χ0n) is 16.5. The Morgan fingerprint density at radius 1 is 0.800 bits per heavy atom. The lowest BCUT2D eigenvalue weighted by atomic mass is 9.89. The van der Waals surface area contributed by atoms with Crippen LogP contribution in [-0.4, -0.2) is 6.29 Å². The Morgan fingerprint density at radius 2 is 1.27 bits per heavy atom. The zero-order chi connectivity index (χ0) is 21.0. The number of hydrogen-bond acceptors (Lipinski definition) is 6. The molecule has 150 valence electrons. The summed E-state index contributed by atoms with van der Waals surface area (Å²) in [5.74, 6) is -0.606. The fourth-order valence-corrected chi connectivity index (χ4v) is 4.23.